The fraction of sp³-hybridized carbons (Fsp3) is 0.261. The molecule has 152 valence electrons. The van der Waals surface area contributed by atoms with E-state index in [1.165, 1.54) is 10.4 Å². The third-order valence-electron chi connectivity index (χ3n) is 4.97. The van der Waals surface area contributed by atoms with Crippen molar-refractivity contribution in [2.45, 2.75) is 13.0 Å². The molecular weight excluding hydrogens is 394 g/mol. The maximum absolute atomic E-state index is 12.5. The number of hydrogen-bond acceptors (Lipinski definition) is 6. The van der Waals surface area contributed by atoms with Gasteiger partial charge in [0, 0.05) is 35.3 Å². The van der Waals surface area contributed by atoms with Gasteiger partial charge < -0.3 is 15.1 Å². The summed E-state index contributed by atoms with van der Waals surface area (Å²) in [5.74, 6) is 3.48. The van der Waals surface area contributed by atoms with E-state index in [1.54, 1.807) is 23.7 Å². The Bertz CT molecular complexity index is 1160. The van der Waals surface area contributed by atoms with Crippen LogP contribution in [0.5, 0.6) is 0 Å². The Labute approximate surface area is 180 Å². The Morgan fingerprint density at radius 1 is 1.40 bits per heavy atom. The monoisotopic (exact) mass is 417 g/mol. The number of hydrogen-bond donors (Lipinski definition) is 1. The molecule has 1 aliphatic rings. The lowest BCUT2D eigenvalue weighted by Crippen LogP contribution is -2.34. The van der Waals surface area contributed by atoms with Gasteiger partial charge in [0.2, 0.25) is 5.91 Å². The molecule has 30 heavy (non-hydrogen) atoms. The molecule has 0 aliphatic carbocycles. The molecule has 0 saturated carbocycles. The summed E-state index contributed by atoms with van der Waals surface area (Å²) < 4.78 is 0. The van der Waals surface area contributed by atoms with Crippen LogP contribution in [0, 0.1) is 12.3 Å². The number of carbonyl (C=O) groups is 1. The smallest absolute Gasteiger partial charge is 0.246 e. The van der Waals surface area contributed by atoms with E-state index in [4.69, 9.17) is 6.42 Å². The second kappa shape index (κ2) is 8.66. The third-order valence-corrected chi connectivity index (χ3v) is 6.10. The number of amides is 1. The van der Waals surface area contributed by atoms with Gasteiger partial charge in [-0.3, -0.25) is 4.79 Å². The number of anilines is 2. The fourth-order valence-electron chi connectivity index (χ4n) is 3.50. The molecule has 3 aromatic rings. The van der Waals surface area contributed by atoms with E-state index in [0.717, 1.165) is 40.3 Å². The van der Waals surface area contributed by atoms with Crippen molar-refractivity contribution in [1.82, 2.24) is 19.8 Å². The highest BCUT2D eigenvalue weighted by atomic mass is 32.1. The van der Waals surface area contributed by atoms with Crippen molar-refractivity contribution in [2.24, 2.45) is 0 Å². The van der Waals surface area contributed by atoms with Crippen LogP contribution >= 0.6 is 11.3 Å². The minimum Gasteiger partial charge on any atom is -0.340 e. The summed E-state index contributed by atoms with van der Waals surface area (Å²) in [5, 5.41) is 4.43. The second-order valence-corrected chi connectivity index (χ2v) is 8.51. The summed E-state index contributed by atoms with van der Waals surface area (Å²) in [5.41, 5.74) is 2.94. The van der Waals surface area contributed by atoms with Crippen LogP contribution < -0.4 is 5.32 Å². The Morgan fingerprint density at radius 2 is 2.27 bits per heavy atom. The van der Waals surface area contributed by atoms with E-state index < -0.39 is 0 Å². The zero-order valence-corrected chi connectivity index (χ0v) is 17.9. The molecule has 0 bridgehead atoms. The van der Waals surface area contributed by atoms with Crippen molar-refractivity contribution >= 4 is 39.0 Å². The molecule has 6 nitrogen and oxygen atoms in total. The first-order chi connectivity index (χ1) is 14.5. The van der Waals surface area contributed by atoms with Crippen molar-refractivity contribution < 1.29 is 4.79 Å². The first-order valence-corrected chi connectivity index (χ1v) is 10.6. The quantitative estimate of drug-likeness (QED) is 0.509. The number of thiophene rings is 1. The zero-order chi connectivity index (χ0) is 21.1. The molecule has 0 atom stereocenters. The topological polar surface area (TPSA) is 61.4 Å². The highest BCUT2D eigenvalue weighted by Gasteiger charge is 2.25. The summed E-state index contributed by atoms with van der Waals surface area (Å²) in [7, 11) is 3.96. The lowest BCUT2D eigenvalue weighted by molar-refractivity contribution is -0.126. The molecule has 7 heteroatoms. The van der Waals surface area contributed by atoms with Gasteiger partial charge in [-0.2, -0.15) is 0 Å². The normalized spacial score (nSPS) is 13.6. The van der Waals surface area contributed by atoms with Gasteiger partial charge in [0.25, 0.3) is 0 Å². The standard InChI is InChI=1S/C23H23N5OS/c1-4-16-7-5-8-17(13-16)26-22-21-18-10-12-28(20(29)9-6-11-27(2)3)14-19(18)30-23(21)25-15-24-22/h1,5-9,13,15H,10-12,14H2,2-3H3,(H,24,25,26)/b9-6+. The molecule has 0 unspecified atom stereocenters. The van der Waals surface area contributed by atoms with Crippen LogP contribution in [-0.4, -0.2) is 52.9 Å². The molecule has 4 rings (SSSR count). The van der Waals surface area contributed by atoms with Crippen LogP contribution in [-0.2, 0) is 17.8 Å². The fourth-order valence-corrected chi connectivity index (χ4v) is 4.71. The number of fused-ring (bicyclic) bond motifs is 3. The molecule has 0 spiro atoms. The van der Waals surface area contributed by atoms with Gasteiger partial charge in [0.15, 0.2) is 0 Å². The van der Waals surface area contributed by atoms with Gasteiger partial charge >= 0.3 is 0 Å². The van der Waals surface area contributed by atoms with E-state index in [-0.39, 0.29) is 5.91 Å². The van der Waals surface area contributed by atoms with Crippen LogP contribution in [0.4, 0.5) is 11.5 Å². The number of rotatable bonds is 5. The molecule has 2 aromatic heterocycles. The van der Waals surface area contributed by atoms with Gasteiger partial charge in [0.1, 0.15) is 17.0 Å². The SMILES string of the molecule is C#Cc1cccc(Nc2ncnc3sc4c(c23)CCN(C(=O)/C=C/CN(C)C)C4)c1. The minimum absolute atomic E-state index is 0.0514. The summed E-state index contributed by atoms with van der Waals surface area (Å²) in [6.45, 7) is 2.04. The Morgan fingerprint density at radius 3 is 3.07 bits per heavy atom. The number of carbonyl (C=O) groups excluding carboxylic acids is 1. The predicted octanol–water partition coefficient (Wildman–Crippen LogP) is 3.42. The first kappa shape index (κ1) is 20.1. The van der Waals surface area contributed by atoms with Crippen LogP contribution in [0.25, 0.3) is 10.2 Å². The first-order valence-electron chi connectivity index (χ1n) is 9.74. The zero-order valence-electron chi connectivity index (χ0n) is 17.1. The number of benzene rings is 1. The molecule has 0 saturated heterocycles. The van der Waals surface area contributed by atoms with E-state index in [0.29, 0.717) is 13.1 Å². The van der Waals surface area contributed by atoms with E-state index >= 15 is 0 Å². The average molecular weight is 418 g/mol. The van der Waals surface area contributed by atoms with Crippen molar-refractivity contribution in [2.75, 3.05) is 32.5 Å². The Hall–Kier alpha value is -3.21. The molecule has 1 amide bonds. The number of likely N-dealkylation sites (N-methyl/N-ethyl adjacent to an activating group) is 1. The molecule has 0 radical (unpaired) electrons. The lowest BCUT2D eigenvalue weighted by Gasteiger charge is -2.26. The number of aromatic nitrogens is 2. The van der Waals surface area contributed by atoms with Crippen LogP contribution in [0.1, 0.15) is 16.0 Å². The Kier molecular flexibility index (Phi) is 5.79. The number of nitrogens with one attached hydrogen (secondary N) is 1. The largest absolute Gasteiger partial charge is 0.340 e. The van der Waals surface area contributed by atoms with E-state index in [2.05, 4.69) is 21.2 Å². The molecule has 1 aromatic carbocycles. The summed E-state index contributed by atoms with van der Waals surface area (Å²) in [4.78, 5) is 27.5. The third kappa shape index (κ3) is 4.20. The molecule has 1 N–H and O–H groups in total. The summed E-state index contributed by atoms with van der Waals surface area (Å²) in [6.07, 6.45) is 11.5. The second-order valence-electron chi connectivity index (χ2n) is 7.43. The van der Waals surface area contributed by atoms with Crippen LogP contribution in [0.2, 0.25) is 0 Å². The van der Waals surface area contributed by atoms with Gasteiger partial charge in [0.05, 0.1) is 11.9 Å². The predicted molar refractivity (Wildman–Crippen MR) is 122 cm³/mol. The Balaban J connectivity index is 1.59. The van der Waals surface area contributed by atoms with Crippen molar-refractivity contribution in [3.63, 3.8) is 0 Å². The van der Waals surface area contributed by atoms with Crippen LogP contribution in [0.15, 0.2) is 42.7 Å². The maximum Gasteiger partial charge on any atom is 0.246 e. The van der Waals surface area contributed by atoms with Crippen LogP contribution in [0.3, 0.4) is 0 Å². The highest BCUT2D eigenvalue weighted by Crippen LogP contribution is 2.38. The van der Waals surface area contributed by atoms with Crippen molar-refractivity contribution in [3.05, 3.63) is 58.7 Å². The summed E-state index contributed by atoms with van der Waals surface area (Å²) in [6, 6.07) is 7.71. The van der Waals surface area contributed by atoms with Gasteiger partial charge in [-0.1, -0.05) is 18.1 Å². The van der Waals surface area contributed by atoms with Crippen molar-refractivity contribution in [3.8, 4) is 12.3 Å². The molecule has 1 aliphatic heterocycles. The lowest BCUT2D eigenvalue weighted by atomic mass is 10.0. The van der Waals surface area contributed by atoms with Crippen molar-refractivity contribution in [1.29, 1.82) is 0 Å². The average Bonchev–Trinajstić information content (AvgIpc) is 3.12. The van der Waals surface area contributed by atoms with E-state index in [9.17, 15) is 4.79 Å². The van der Waals surface area contributed by atoms with Gasteiger partial charge in [-0.25, -0.2) is 9.97 Å². The minimum atomic E-state index is 0.0514. The van der Waals surface area contributed by atoms with Gasteiger partial charge in [-0.05, 0) is 44.3 Å². The maximum atomic E-state index is 12.5. The van der Waals surface area contributed by atoms with Gasteiger partial charge in [-0.15, -0.1) is 17.8 Å². The number of nitrogens with zero attached hydrogens (tertiary/aromatic N) is 4. The number of terminal acetylenes is 1. The molecular formula is C23H23N5OS. The highest BCUT2D eigenvalue weighted by molar-refractivity contribution is 7.19. The van der Waals surface area contributed by atoms with E-state index in [1.807, 2.05) is 54.2 Å². The summed E-state index contributed by atoms with van der Waals surface area (Å²) >= 11 is 1.63. The molecule has 3 heterocycles. The molecule has 0 fully saturated rings.